The lowest BCUT2D eigenvalue weighted by Gasteiger charge is -2.35. The summed E-state index contributed by atoms with van der Waals surface area (Å²) >= 11 is 0. The zero-order chi connectivity index (χ0) is 12.2. The molecule has 6 nitrogen and oxygen atoms in total. The Bertz CT molecular complexity index is 274. The predicted molar refractivity (Wildman–Crippen MR) is 56.8 cm³/mol. The van der Waals surface area contributed by atoms with Crippen molar-refractivity contribution in [1.29, 1.82) is 0 Å². The number of nitrogens with one attached hydrogen (secondary N) is 1. The molecule has 0 aromatic heterocycles. The van der Waals surface area contributed by atoms with Gasteiger partial charge in [-0.3, -0.25) is 9.59 Å². The van der Waals surface area contributed by atoms with Crippen LogP contribution in [-0.2, 0) is 14.3 Å². The molecule has 0 aromatic rings. The molecule has 0 radical (unpaired) electrons. The SMILES string of the molecule is CC1(NC(=O)C(N)CC(=O)O)CCCOC1. The molecule has 1 aliphatic rings. The number of carboxylic acids is 1. The second-order valence-corrected chi connectivity index (χ2v) is 4.41. The lowest BCUT2D eigenvalue weighted by atomic mass is 9.94. The fourth-order valence-electron chi connectivity index (χ4n) is 1.70. The van der Waals surface area contributed by atoms with E-state index in [1.54, 1.807) is 0 Å². The van der Waals surface area contributed by atoms with Crippen LogP contribution >= 0.6 is 0 Å². The molecule has 0 bridgehead atoms. The summed E-state index contributed by atoms with van der Waals surface area (Å²) < 4.78 is 5.27. The van der Waals surface area contributed by atoms with Gasteiger partial charge in [-0.05, 0) is 19.8 Å². The van der Waals surface area contributed by atoms with E-state index in [4.69, 9.17) is 15.6 Å². The van der Waals surface area contributed by atoms with Crippen LogP contribution in [0.1, 0.15) is 26.2 Å². The van der Waals surface area contributed by atoms with Crippen LogP contribution in [0.4, 0.5) is 0 Å². The van der Waals surface area contributed by atoms with Crippen LogP contribution in [0.3, 0.4) is 0 Å². The molecule has 0 aromatic carbocycles. The van der Waals surface area contributed by atoms with E-state index in [1.807, 2.05) is 6.92 Å². The maximum absolute atomic E-state index is 11.6. The van der Waals surface area contributed by atoms with Gasteiger partial charge in [-0.25, -0.2) is 0 Å². The molecule has 1 aliphatic heterocycles. The number of carbonyl (C=O) groups excluding carboxylic acids is 1. The number of amides is 1. The molecule has 0 spiro atoms. The van der Waals surface area contributed by atoms with Crippen LogP contribution in [0.2, 0.25) is 0 Å². The third-order valence-corrected chi connectivity index (χ3v) is 2.59. The number of hydrogen-bond donors (Lipinski definition) is 3. The van der Waals surface area contributed by atoms with Crippen molar-refractivity contribution in [3.05, 3.63) is 0 Å². The minimum Gasteiger partial charge on any atom is -0.481 e. The second kappa shape index (κ2) is 5.27. The molecule has 1 amide bonds. The van der Waals surface area contributed by atoms with Gasteiger partial charge in [0.25, 0.3) is 0 Å². The van der Waals surface area contributed by atoms with Gasteiger partial charge in [-0.15, -0.1) is 0 Å². The number of rotatable bonds is 4. The molecule has 92 valence electrons. The Morgan fingerprint density at radius 2 is 2.31 bits per heavy atom. The first-order valence-corrected chi connectivity index (χ1v) is 5.30. The number of nitrogens with two attached hydrogens (primary N) is 1. The number of ether oxygens (including phenoxy) is 1. The summed E-state index contributed by atoms with van der Waals surface area (Å²) in [5.41, 5.74) is 5.04. The van der Waals surface area contributed by atoms with Crippen molar-refractivity contribution in [3.8, 4) is 0 Å². The number of carbonyl (C=O) groups is 2. The van der Waals surface area contributed by atoms with E-state index in [0.29, 0.717) is 13.2 Å². The Kier molecular flexibility index (Phi) is 4.26. The first-order chi connectivity index (χ1) is 7.43. The minimum atomic E-state index is -1.08. The lowest BCUT2D eigenvalue weighted by Crippen LogP contribution is -2.56. The van der Waals surface area contributed by atoms with E-state index >= 15 is 0 Å². The monoisotopic (exact) mass is 230 g/mol. The zero-order valence-electron chi connectivity index (χ0n) is 9.36. The summed E-state index contributed by atoms with van der Waals surface area (Å²) in [4.78, 5) is 22.0. The summed E-state index contributed by atoms with van der Waals surface area (Å²) in [6.07, 6.45) is 1.34. The quantitative estimate of drug-likeness (QED) is 0.603. The highest BCUT2D eigenvalue weighted by molar-refractivity contribution is 5.86. The van der Waals surface area contributed by atoms with E-state index in [1.165, 1.54) is 0 Å². The van der Waals surface area contributed by atoms with Gasteiger partial charge in [0.1, 0.15) is 0 Å². The van der Waals surface area contributed by atoms with Crippen LogP contribution < -0.4 is 11.1 Å². The standard InChI is InChI=1S/C10H18N2O4/c1-10(3-2-4-16-6-10)12-9(15)7(11)5-8(13)14/h7H,2-6,11H2,1H3,(H,12,15)(H,13,14). The predicted octanol–water partition coefficient (Wildman–Crippen LogP) is -0.526. The molecule has 6 heteroatoms. The van der Waals surface area contributed by atoms with Gasteiger partial charge in [0.2, 0.25) is 5.91 Å². The highest BCUT2D eigenvalue weighted by atomic mass is 16.5. The van der Waals surface area contributed by atoms with Gasteiger partial charge >= 0.3 is 5.97 Å². The van der Waals surface area contributed by atoms with E-state index in [-0.39, 0.29) is 6.42 Å². The molecule has 1 fully saturated rings. The van der Waals surface area contributed by atoms with Crippen molar-refractivity contribution in [2.75, 3.05) is 13.2 Å². The molecule has 0 aliphatic carbocycles. The average Bonchev–Trinajstić information content (AvgIpc) is 2.16. The summed E-state index contributed by atoms with van der Waals surface area (Å²) in [5.74, 6) is -1.51. The van der Waals surface area contributed by atoms with Crippen LogP contribution in [0, 0.1) is 0 Å². The fraction of sp³-hybridized carbons (Fsp3) is 0.800. The summed E-state index contributed by atoms with van der Waals surface area (Å²) in [6, 6.07) is -1.00. The molecule has 2 unspecified atom stereocenters. The topological polar surface area (TPSA) is 102 Å². The van der Waals surface area contributed by atoms with E-state index in [9.17, 15) is 9.59 Å². The Morgan fingerprint density at radius 3 is 2.81 bits per heavy atom. The Balaban J connectivity index is 2.45. The Hall–Kier alpha value is -1.14. The van der Waals surface area contributed by atoms with Crippen molar-refractivity contribution in [3.63, 3.8) is 0 Å². The summed E-state index contributed by atoms with van der Waals surface area (Å²) in [5, 5.41) is 11.3. The molecule has 0 saturated carbocycles. The van der Waals surface area contributed by atoms with Gasteiger partial charge in [0.15, 0.2) is 0 Å². The minimum absolute atomic E-state index is 0.358. The third-order valence-electron chi connectivity index (χ3n) is 2.59. The van der Waals surface area contributed by atoms with Crippen LogP contribution in [0.5, 0.6) is 0 Å². The zero-order valence-corrected chi connectivity index (χ0v) is 9.36. The van der Waals surface area contributed by atoms with Crippen LogP contribution in [0.25, 0.3) is 0 Å². The van der Waals surface area contributed by atoms with E-state index < -0.39 is 23.5 Å². The summed E-state index contributed by atoms with van der Waals surface area (Å²) in [6.45, 7) is 3.02. The Morgan fingerprint density at radius 1 is 1.62 bits per heavy atom. The van der Waals surface area contributed by atoms with Crippen molar-refractivity contribution < 1.29 is 19.4 Å². The molecule has 1 saturated heterocycles. The number of aliphatic carboxylic acids is 1. The van der Waals surface area contributed by atoms with Crippen LogP contribution in [-0.4, -0.2) is 41.8 Å². The molecule has 1 rings (SSSR count). The molecule has 1 heterocycles. The lowest BCUT2D eigenvalue weighted by molar-refractivity contribution is -0.140. The number of carboxylic acid groups (broad SMARTS) is 1. The third kappa shape index (κ3) is 3.79. The molecular formula is C10H18N2O4. The first-order valence-electron chi connectivity index (χ1n) is 5.30. The van der Waals surface area contributed by atoms with Gasteiger partial charge in [-0.1, -0.05) is 0 Å². The highest BCUT2D eigenvalue weighted by Crippen LogP contribution is 2.18. The van der Waals surface area contributed by atoms with Crippen molar-refractivity contribution in [2.45, 2.75) is 37.8 Å². The van der Waals surface area contributed by atoms with Crippen LogP contribution in [0.15, 0.2) is 0 Å². The average molecular weight is 230 g/mol. The second-order valence-electron chi connectivity index (χ2n) is 4.41. The van der Waals surface area contributed by atoms with Gasteiger partial charge < -0.3 is 20.9 Å². The largest absolute Gasteiger partial charge is 0.481 e. The van der Waals surface area contributed by atoms with E-state index in [0.717, 1.165) is 12.8 Å². The normalized spacial score (nSPS) is 27.1. The van der Waals surface area contributed by atoms with Gasteiger partial charge in [-0.2, -0.15) is 0 Å². The number of hydrogen-bond acceptors (Lipinski definition) is 4. The first kappa shape index (κ1) is 12.9. The highest BCUT2D eigenvalue weighted by Gasteiger charge is 2.31. The van der Waals surface area contributed by atoms with Crippen molar-refractivity contribution in [1.82, 2.24) is 5.32 Å². The van der Waals surface area contributed by atoms with Gasteiger partial charge in [0.05, 0.1) is 24.6 Å². The fourth-order valence-corrected chi connectivity index (χ4v) is 1.70. The van der Waals surface area contributed by atoms with Gasteiger partial charge in [0, 0.05) is 6.61 Å². The van der Waals surface area contributed by atoms with Crippen molar-refractivity contribution >= 4 is 11.9 Å². The molecule has 16 heavy (non-hydrogen) atoms. The maximum Gasteiger partial charge on any atom is 0.305 e. The van der Waals surface area contributed by atoms with E-state index in [2.05, 4.69) is 5.32 Å². The summed E-state index contributed by atoms with van der Waals surface area (Å²) in [7, 11) is 0. The molecule has 4 N–H and O–H groups in total. The Labute approximate surface area is 94.1 Å². The smallest absolute Gasteiger partial charge is 0.305 e. The van der Waals surface area contributed by atoms with Crippen molar-refractivity contribution in [2.24, 2.45) is 5.73 Å². The maximum atomic E-state index is 11.6. The molecule has 2 atom stereocenters. The molecular weight excluding hydrogens is 212 g/mol.